The lowest BCUT2D eigenvalue weighted by molar-refractivity contribution is 0.195. The molecule has 1 atom stereocenters. The molecule has 82 valence electrons. The van der Waals surface area contributed by atoms with Gasteiger partial charge in [-0.25, -0.2) is 0 Å². The second kappa shape index (κ2) is 7.08. The van der Waals surface area contributed by atoms with Crippen LogP contribution in [-0.4, -0.2) is 14.4 Å². The summed E-state index contributed by atoms with van der Waals surface area (Å²) < 4.78 is 6.00. The van der Waals surface area contributed by atoms with Crippen LogP contribution in [0.1, 0.15) is 39.5 Å². The maximum Gasteiger partial charge on any atom is 0.184 e. The van der Waals surface area contributed by atoms with Gasteiger partial charge < -0.3 is 4.43 Å². The molecule has 0 saturated carbocycles. The molecule has 0 saturated heterocycles. The zero-order valence-corrected chi connectivity index (χ0v) is 11.3. The predicted molar refractivity (Wildman–Crippen MR) is 65.8 cm³/mol. The Morgan fingerprint density at radius 2 is 1.79 bits per heavy atom. The molecule has 0 N–H and O–H groups in total. The molecule has 0 bridgehead atoms. The van der Waals surface area contributed by atoms with Crippen molar-refractivity contribution in [2.45, 2.75) is 65.3 Å². The Bertz CT molecular complexity index is 195. The van der Waals surface area contributed by atoms with Crippen molar-refractivity contribution in [3.05, 3.63) is 0 Å². The largest absolute Gasteiger partial charge is 0.414 e. The Morgan fingerprint density at radius 1 is 1.14 bits per heavy atom. The molecule has 0 aliphatic rings. The minimum atomic E-state index is -1.38. The van der Waals surface area contributed by atoms with Gasteiger partial charge in [0.2, 0.25) is 0 Å². The molecule has 14 heavy (non-hydrogen) atoms. The average Bonchev–Trinajstić information content (AvgIpc) is 2.08. The van der Waals surface area contributed by atoms with E-state index in [2.05, 4.69) is 45.3 Å². The van der Waals surface area contributed by atoms with E-state index in [1.807, 2.05) is 0 Å². The molecule has 0 radical (unpaired) electrons. The van der Waals surface area contributed by atoms with Crippen LogP contribution in [0.25, 0.3) is 0 Å². The lowest BCUT2D eigenvalue weighted by Crippen LogP contribution is -2.31. The molecular weight excluding hydrogens is 188 g/mol. The highest BCUT2D eigenvalue weighted by atomic mass is 28.4. The van der Waals surface area contributed by atoms with Gasteiger partial charge in [0.05, 0.1) is 6.10 Å². The van der Waals surface area contributed by atoms with E-state index in [1.165, 1.54) is 0 Å². The summed E-state index contributed by atoms with van der Waals surface area (Å²) in [7, 11) is -1.38. The summed E-state index contributed by atoms with van der Waals surface area (Å²) in [5.41, 5.74) is 0. The molecule has 0 aliphatic carbocycles. The molecule has 0 spiro atoms. The van der Waals surface area contributed by atoms with Crippen molar-refractivity contribution in [1.29, 1.82) is 0 Å². The summed E-state index contributed by atoms with van der Waals surface area (Å²) in [4.78, 5) is 0. The summed E-state index contributed by atoms with van der Waals surface area (Å²) >= 11 is 0. The monoisotopic (exact) mass is 212 g/mol. The topological polar surface area (TPSA) is 9.23 Å². The summed E-state index contributed by atoms with van der Waals surface area (Å²) in [6, 6.07) is 0. The van der Waals surface area contributed by atoms with Gasteiger partial charge in [-0.1, -0.05) is 13.8 Å². The molecule has 2 heteroatoms. The van der Waals surface area contributed by atoms with Gasteiger partial charge in [0.25, 0.3) is 0 Å². The van der Waals surface area contributed by atoms with E-state index in [0.29, 0.717) is 6.10 Å². The first-order chi connectivity index (χ1) is 6.49. The van der Waals surface area contributed by atoms with Gasteiger partial charge in [-0.2, -0.15) is 0 Å². The number of unbranched alkanes of at least 4 members (excludes halogenated alkanes) is 1. The first-order valence-corrected chi connectivity index (χ1v) is 9.04. The maximum atomic E-state index is 6.00. The van der Waals surface area contributed by atoms with Crippen molar-refractivity contribution in [2.75, 3.05) is 0 Å². The molecule has 1 unspecified atom stereocenters. The van der Waals surface area contributed by atoms with E-state index in [1.54, 1.807) is 0 Å². The van der Waals surface area contributed by atoms with Crippen molar-refractivity contribution in [3.63, 3.8) is 0 Å². The van der Waals surface area contributed by atoms with E-state index < -0.39 is 8.32 Å². The Balaban J connectivity index is 3.87. The summed E-state index contributed by atoms with van der Waals surface area (Å²) in [6.45, 7) is 11.0. The fraction of sp³-hybridized carbons (Fsp3) is 0.833. The molecule has 0 fully saturated rings. The van der Waals surface area contributed by atoms with Crippen LogP contribution in [-0.2, 0) is 4.43 Å². The molecule has 0 aliphatic heterocycles. The molecule has 0 rings (SSSR count). The predicted octanol–water partition coefficient (Wildman–Crippen LogP) is 3.81. The van der Waals surface area contributed by atoms with E-state index in [0.717, 1.165) is 25.7 Å². The fourth-order valence-electron chi connectivity index (χ4n) is 1.17. The Labute approximate surface area is 90.4 Å². The minimum Gasteiger partial charge on any atom is -0.414 e. The molecule has 0 aromatic rings. The van der Waals surface area contributed by atoms with Crippen molar-refractivity contribution in [3.8, 4) is 11.8 Å². The smallest absolute Gasteiger partial charge is 0.184 e. The normalized spacial score (nSPS) is 13.2. The zero-order valence-electron chi connectivity index (χ0n) is 10.3. The van der Waals surface area contributed by atoms with Crippen LogP contribution in [0.2, 0.25) is 19.6 Å². The van der Waals surface area contributed by atoms with Gasteiger partial charge in [0.15, 0.2) is 8.32 Å². The quantitative estimate of drug-likeness (QED) is 0.497. The lowest BCUT2D eigenvalue weighted by Gasteiger charge is -2.24. The van der Waals surface area contributed by atoms with Crippen LogP contribution in [0, 0.1) is 11.8 Å². The zero-order chi connectivity index (χ0) is 11.0. The van der Waals surface area contributed by atoms with E-state index in [-0.39, 0.29) is 0 Å². The Kier molecular flexibility index (Phi) is 6.95. The van der Waals surface area contributed by atoms with E-state index >= 15 is 0 Å². The molecule has 0 aromatic carbocycles. The minimum absolute atomic E-state index is 0.353. The van der Waals surface area contributed by atoms with Crippen molar-refractivity contribution >= 4 is 8.32 Å². The number of hydrogen-bond donors (Lipinski definition) is 0. The fourth-order valence-corrected chi connectivity index (χ4v) is 2.42. The SMILES string of the molecule is CCCC#CCC(CC)O[Si](C)(C)C. The molecule has 0 heterocycles. The van der Waals surface area contributed by atoms with Crippen molar-refractivity contribution in [2.24, 2.45) is 0 Å². The Hall–Kier alpha value is -0.263. The maximum absolute atomic E-state index is 6.00. The third-order valence-electron chi connectivity index (χ3n) is 1.81. The summed E-state index contributed by atoms with van der Waals surface area (Å²) in [5, 5.41) is 0. The van der Waals surface area contributed by atoms with Gasteiger partial charge in [-0.05, 0) is 32.5 Å². The third-order valence-corrected chi connectivity index (χ3v) is 2.85. The van der Waals surface area contributed by atoms with Crippen LogP contribution in [0.5, 0.6) is 0 Å². The van der Waals surface area contributed by atoms with Crippen LogP contribution >= 0.6 is 0 Å². The third kappa shape index (κ3) is 8.34. The second-order valence-corrected chi connectivity index (χ2v) is 9.03. The Morgan fingerprint density at radius 3 is 2.21 bits per heavy atom. The van der Waals surface area contributed by atoms with Gasteiger partial charge in [0, 0.05) is 12.8 Å². The highest BCUT2D eigenvalue weighted by molar-refractivity contribution is 6.69. The second-order valence-electron chi connectivity index (χ2n) is 4.57. The summed E-state index contributed by atoms with van der Waals surface area (Å²) in [6.07, 6.45) is 4.50. The highest BCUT2D eigenvalue weighted by Gasteiger charge is 2.18. The van der Waals surface area contributed by atoms with Gasteiger partial charge in [-0.3, -0.25) is 0 Å². The first kappa shape index (κ1) is 13.7. The molecule has 1 nitrogen and oxygen atoms in total. The van der Waals surface area contributed by atoms with Crippen LogP contribution in [0.3, 0.4) is 0 Å². The average molecular weight is 212 g/mol. The summed E-state index contributed by atoms with van der Waals surface area (Å²) in [5.74, 6) is 6.38. The highest BCUT2D eigenvalue weighted by Crippen LogP contribution is 2.12. The van der Waals surface area contributed by atoms with Crippen molar-refractivity contribution < 1.29 is 4.43 Å². The standard InChI is InChI=1S/C12H24OSi/c1-6-8-9-10-11-12(7-2)13-14(3,4)5/h12H,6-8,11H2,1-5H3. The molecular formula is C12H24OSi. The molecule has 0 aromatic heterocycles. The van der Waals surface area contributed by atoms with Gasteiger partial charge in [-0.15, -0.1) is 11.8 Å². The van der Waals surface area contributed by atoms with E-state index in [9.17, 15) is 0 Å². The van der Waals surface area contributed by atoms with Gasteiger partial charge in [0.1, 0.15) is 0 Å². The number of hydrogen-bond acceptors (Lipinski definition) is 1. The van der Waals surface area contributed by atoms with Gasteiger partial charge >= 0.3 is 0 Å². The van der Waals surface area contributed by atoms with Crippen LogP contribution in [0.4, 0.5) is 0 Å². The van der Waals surface area contributed by atoms with Crippen molar-refractivity contribution in [1.82, 2.24) is 0 Å². The number of rotatable bonds is 5. The van der Waals surface area contributed by atoms with E-state index in [4.69, 9.17) is 4.43 Å². The lowest BCUT2D eigenvalue weighted by atomic mass is 10.2. The van der Waals surface area contributed by atoms with Crippen LogP contribution in [0.15, 0.2) is 0 Å². The first-order valence-electron chi connectivity index (χ1n) is 5.63. The molecule has 0 amide bonds. The van der Waals surface area contributed by atoms with Crippen LogP contribution < -0.4 is 0 Å².